The number of aromatic nitrogens is 2. The highest BCUT2D eigenvalue weighted by Crippen LogP contribution is 2.17. The number of hydrogen-bond donors (Lipinski definition) is 1. The van der Waals surface area contributed by atoms with Gasteiger partial charge in [-0.3, -0.25) is 0 Å². The summed E-state index contributed by atoms with van der Waals surface area (Å²) in [5.74, 6) is -1.07. The summed E-state index contributed by atoms with van der Waals surface area (Å²) in [6, 6.07) is 10.9. The van der Waals surface area contributed by atoms with Crippen LogP contribution in [0.25, 0.3) is 11.3 Å². The molecule has 16 heavy (non-hydrogen) atoms. The molecule has 1 N–H and O–H groups in total. The Hall–Kier alpha value is -2.23. The minimum atomic E-state index is -1.07. The zero-order valence-electron chi connectivity index (χ0n) is 8.71. The fraction of sp³-hybridized carbons (Fsp3) is 0.0833. The smallest absolute Gasteiger partial charge is 0.356 e. The van der Waals surface area contributed by atoms with Crippen LogP contribution in [0.2, 0.25) is 0 Å². The van der Waals surface area contributed by atoms with E-state index in [9.17, 15) is 4.79 Å². The molecule has 2 aromatic rings. The van der Waals surface area contributed by atoms with E-state index in [2.05, 4.69) is 10.2 Å². The Morgan fingerprint density at radius 2 is 2.00 bits per heavy atom. The lowest BCUT2D eigenvalue weighted by molar-refractivity contribution is 0.0689. The van der Waals surface area contributed by atoms with Crippen molar-refractivity contribution >= 4 is 5.97 Å². The zero-order chi connectivity index (χ0) is 11.5. The average Bonchev–Trinajstić information content (AvgIpc) is 2.29. The number of aromatic carboxylic acids is 1. The first-order valence-electron chi connectivity index (χ1n) is 4.81. The lowest BCUT2D eigenvalue weighted by Crippen LogP contribution is -2.01. The highest BCUT2D eigenvalue weighted by Gasteiger charge is 2.06. The van der Waals surface area contributed by atoms with E-state index >= 15 is 0 Å². The number of carbonyl (C=O) groups is 1. The number of hydrogen-bond acceptors (Lipinski definition) is 3. The van der Waals surface area contributed by atoms with Crippen molar-refractivity contribution in [2.24, 2.45) is 0 Å². The minimum Gasteiger partial charge on any atom is -0.476 e. The topological polar surface area (TPSA) is 63.1 Å². The van der Waals surface area contributed by atoms with Gasteiger partial charge in [-0.25, -0.2) is 4.79 Å². The largest absolute Gasteiger partial charge is 0.476 e. The molecule has 0 fully saturated rings. The predicted molar refractivity (Wildman–Crippen MR) is 59.2 cm³/mol. The number of rotatable bonds is 2. The van der Waals surface area contributed by atoms with Gasteiger partial charge in [-0.15, -0.1) is 10.2 Å². The van der Waals surface area contributed by atoms with Crippen molar-refractivity contribution in [2.45, 2.75) is 6.92 Å². The van der Waals surface area contributed by atoms with Crippen LogP contribution in [0.4, 0.5) is 0 Å². The lowest BCUT2D eigenvalue weighted by atomic mass is 10.1. The molecule has 0 aliphatic heterocycles. The number of benzene rings is 1. The summed E-state index contributed by atoms with van der Waals surface area (Å²) in [6.07, 6.45) is 0. The standard InChI is InChI=1S/C12H10N2O2/c1-8-3-2-4-9(7-8)10-5-6-11(12(15)16)14-13-10/h2-7H,1H3,(H,15,16). The van der Waals surface area contributed by atoms with Gasteiger partial charge in [0.1, 0.15) is 0 Å². The van der Waals surface area contributed by atoms with Crippen molar-refractivity contribution in [3.05, 3.63) is 47.7 Å². The van der Waals surface area contributed by atoms with Crippen LogP contribution in [0.3, 0.4) is 0 Å². The van der Waals surface area contributed by atoms with Crippen LogP contribution in [-0.2, 0) is 0 Å². The normalized spacial score (nSPS) is 10.1. The second kappa shape index (κ2) is 4.10. The second-order valence-corrected chi connectivity index (χ2v) is 3.48. The lowest BCUT2D eigenvalue weighted by Gasteiger charge is -2.01. The average molecular weight is 214 g/mol. The molecule has 0 spiro atoms. The van der Waals surface area contributed by atoms with E-state index in [0.717, 1.165) is 11.1 Å². The van der Waals surface area contributed by atoms with Gasteiger partial charge in [-0.05, 0) is 25.1 Å². The maximum Gasteiger partial charge on any atom is 0.356 e. The fourth-order valence-electron chi connectivity index (χ4n) is 1.40. The molecular formula is C12H10N2O2. The molecule has 1 heterocycles. The van der Waals surface area contributed by atoms with Gasteiger partial charge in [0, 0.05) is 5.56 Å². The first-order valence-corrected chi connectivity index (χ1v) is 4.81. The van der Waals surface area contributed by atoms with Crippen LogP contribution >= 0.6 is 0 Å². The van der Waals surface area contributed by atoms with Crippen molar-refractivity contribution in [2.75, 3.05) is 0 Å². The van der Waals surface area contributed by atoms with Crippen LogP contribution in [0.1, 0.15) is 16.1 Å². The Morgan fingerprint density at radius 3 is 2.56 bits per heavy atom. The molecule has 0 unspecified atom stereocenters. The first kappa shape index (κ1) is 10.3. The molecule has 2 rings (SSSR count). The van der Waals surface area contributed by atoms with E-state index in [1.54, 1.807) is 6.07 Å². The summed E-state index contributed by atoms with van der Waals surface area (Å²) >= 11 is 0. The van der Waals surface area contributed by atoms with Gasteiger partial charge in [0.2, 0.25) is 0 Å². The number of aryl methyl sites for hydroxylation is 1. The monoisotopic (exact) mass is 214 g/mol. The van der Waals surface area contributed by atoms with Crippen molar-refractivity contribution in [3.8, 4) is 11.3 Å². The summed E-state index contributed by atoms with van der Waals surface area (Å²) < 4.78 is 0. The number of nitrogens with zero attached hydrogens (tertiary/aromatic N) is 2. The van der Waals surface area contributed by atoms with Gasteiger partial charge in [-0.1, -0.05) is 23.8 Å². The summed E-state index contributed by atoms with van der Waals surface area (Å²) in [5, 5.41) is 16.2. The molecule has 1 aromatic heterocycles. The quantitative estimate of drug-likeness (QED) is 0.831. The predicted octanol–water partition coefficient (Wildman–Crippen LogP) is 2.15. The molecule has 0 aliphatic rings. The molecule has 4 heteroatoms. The van der Waals surface area contributed by atoms with Crippen molar-refractivity contribution in [1.82, 2.24) is 10.2 Å². The van der Waals surface area contributed by atoms with E-state index in [-0.39, 0.29) is 5.69 Å². The highest BCUT2D eigenvalue weighted by molar-refractivity contribution is 5.85. The van der Waals surface area contributed by atoms with Gasteiger partial charge >= 0.3 is 5.97 Å². The summed E-state index contributed by atoms with van der Waals surface area (Å²) in [5.41, 5.74) is 2.69. The minimum absolute atomic E-state index is 0.0450. The van der Waals surface area contributed by atoms with Crippen LogP contribution in [0.5, 0.6) is 0 Å². The Kier molecular flexibility index (Phi) is 2.64. The molecule has 0 radical (unpaired) electrons. The third-order valence-corrected chi connectivity index (χ3v) is 2.20. The first-order chi connectivity index (χ1) is 7.66. The van der Waals surface area contributed by atoms with Crippen LogP contribution in [0.15, 0.2) is 36.4 Å². The summed E-state index contributed by atoms with van der Waals surface area (Å²) in [6.45, 7) is 1.99. The molecule has 0 amide bonds. The van der Waals surface area contributed by atoms with Gasteiger partial charge < -0.3 is 5.11 Å². The molecule has 0 aliphatic carbocycles. The summed E-state index contributed by atoms with van der Waals surface area (Å²) in [7, 11) is 0. The Bertz CT molecular complexity index is 521. The fourth-order valence-corrected chi connectivity index (χ4v) is 1.40. The Morgan fingerprint density at radius 1 is 1.19 bits per heavy atom. The molecule has 0 atom stereocenters. The molecule has 0 bridgehead atoms. The molecule has 0 saturated carbocycles. The Labute approximate surface area is 92.6 Å². The van der Waals surface area contributed by atoms with Gasteiger partial charge in [-0.2, -0.15) is 0 Å². The van der Waals surface area contributed by atoms with Gasteiger partial charge in [0.05, 0.1) is 5.69 Å². The molecular weight excluding hydrogens is 204 g/mol. The molecule has 1 aromatic carbocycles. The molecule has 4 nitrogen and oxygen atoms in total. The van der Waals surface area contributed by atoms with Crippen LogP contribution < -0.4 is 0 Å². The van der Waals surface area contributed by atoms with Gasteiger partial charge in [0.15, 0.2) is 5.69 Å². The Balaban J connectivity index is 2.38. The third-order valence-electron chi connectivity index (χ3n) is 2.20. The SMILES string of the molecule is Cc1cccc(-c2ccc(C(=O)O)nn2)c1. The van der Waals surface area contributed by atoms with E-state index in [4.69, 9.17) is 5.11 Å². The van der Waals surface area contributed by atoms with Crippen LogP contribution in [-0.4, -0.2) is 21.3 Å². The number of carboxylic acids is 1. The zero-order valence-corrected chi connectivity index (χ0v) is 8.71. The van der Waals surface area contributed by atoms with Crippen molar-refractivity contribution in [3.63, 3.8) is 0 Å². The van der Waals surface area contributed by atoms with E-state index < -0.39 is 5.97 Å². The van der Waals surface area contributed by atoms with Crippen molar-refractivity contribution in [1.29, 1.82) is 0 Å². The molecule has 80 valence electrons. The maximum absolute atomic E-state index is 10.6. The van der Waals surface area contributed by atoms with E-state index in [1.165, 1.54) is 6.07 Å². The summed E-state index contributed by atoms with van der Waals surface area (Å²) in [4.78, 5) is 10.6. The van der Waals surface area contributed by atoms with E-state index in [0.29, 0.717) is 5.69 Å². The maximum atomic E-state index is 10.6. The molecule has 0 saturated heterocycles. The van der Waals surface area contributed by atoms with Crippen molar-refractivity contribution < 1.29 is 9.90 Å². The van der Waals surface area contributed by atoms with Gasteiger partial charge in [0.25, 0.3) is 0 Å². The highest BCUT2D eigenvalue weighted by atomic mass is 16.4. The second-order valence-electron chi connectivity index (χ2n) is 3.48. The van der Waals surface area contributed by atoms with Crippen LogP contribution in [0, 0.1) is 6.92 Å². The number of carboxylic acid groups (broad SMARTS) is 1. The van der Waals surface area contributed by atoms with E-state index in [1.807, 2.05) is 31.2 Å². The third kappa shape index (κ3) is 2.06.